The Bertz CT molecular complexity index is 93.1. The largest absolute Gasteiger partial charge is 0.673 e. The van der Waals surface area contributed by atoms with Gasteiger partial charge in [-0.2, -0.15) is 0 Å². The molecule has 0 unspecified atom stereocenters. The molecule has 1 aliphatic heterocycles. The standard InChI is InChI=1S/C5H11N.BF4/c1-6-4-2-3-5-6;2-1(3,4)5/h2-5H2,1H3;/q;-1/p+1. The van der Waals surface area contributed by atoms with Crippen molar-refractivity contribution in [3.8, 4) is 0 Å². The van der Waals surface area contributed by atoms with Gasteiger partial charge >= 0.3 is 7.25 Å². The Balaban J connectivity index is 0.000000187. The van der Waals surface area contributed by atoms with Gasteiger partial charge in [0, 0.05) is 12.8 Å². The average molecular weight is 173 g/mol. The summed E-state index contributed by atoms with van der Waals surface area (Å²) in [5, 5.41) is 0. The number of hydrogen-bond acceptors (Lipinski definition) is 0. The zero-order valence-electron chi connectivity index (χ0n) is 6.42. The Morgan fingerprint density at radius 3 is 1.36 bits per heavy atom. The van der Waals surface area contributed by atoms with E-state index in [9.17, 15) is 17.3 Å². The van der Waals surface area contributed by atoms with Gasteiger partial charge in [0.15, 0.2) is 0 Å². The van der Waals surface area contributed by atoms with Gasteiger partial charge in [-0.05, 0) is 0 Å². The lowest BCUT2D eigenvalue weighted by molar-refractivity contribution is -0.866. The van der Waals surface area contributed by atoms with Crippen molar-refractivity contribution in [1.29, 1.82) is 0 Å². The maximum absolute atomic E-state index is 9.75. The van der Waals surface area contributed by atoms with E-state index >= 15 is 0 Å². The van der Waals surface area contributed by atoms with Gasteiger partial charge in [-0.1, -0.05) is 0 Å². The highest BCUT2D eigenvalue weighted by Crippen LogP contribution is 2.06. The third kappa shape index (κ3) is 12.8. The van der Waals surface area contributed by atoms with Crippen LogP contribution >= 0.6 is 0 Å². The predicted octanol–water partition coefficient (Wildman–Crippen LogP) is 0.595. The molecule has 6 heteroatoms. The van der Waals surface area contributed by atoms with Crippen LogP contribution in [0.4, 0.5) is 17.3 Å². The summed E-state index contributed by atoms with van der Waals surface area (Å²) in [6.45, 7) is 2.81. The molecule has 1 fully saturated rings. The summed E-state index contributed by atoms with van der Waals surface area (Å²) >= 11 is 0. The van der Waals surface area contributed by atoms with Crippen molar-refractivity contribution in [1.82, 2.24) is 0 Å². The third-order valence-corrected chi connectivity index (χ3v) is 1.46. The van der Waals surface area contributed by atoms with E-state index in [0.29, 0.717) is 0 Å². The normalized spacial score (nSPS) is 19.4. The molecule has 11 heavy (non-hydrogen) atoms. The summed E-state index contributed by atoms with van der Waals surface area (Å²) in [5.74, 6) is 0. The second-order valence-electron chi connectivity index (χ2n) is 2.66. The molecule has 0 bridgehead atoms. The number of rotatable bonds is 0. The van der Waals surface area contributed by atoms with Crippen LogP contribution in [0.3, 0.4) is 0 Å². The summed E-state index contributed by atoms with van der Waals surface area (Å²) in [6, 6.07) is 0. The fourth-order valence-corrected chi connectivity index (χ4v) is 0.979. The van der Waals surface area contributed by atoms with E-state index in [4.69, 9.17) is 0 Å². The van der Waals surface area contributed by atoms with Gasteiger partial charge in [0.2, 0.25) is 0 Å². The zero-order chi connectivity index (χ0) is 8.91. The van der Waals surface area contributed by atoms with Crippen molar-refractivity contribution >= 4 is 7.25 Å². The molecule has 68 valence electrons. The van der Waals surface area contributed by atoms with Crippen molar-refractivity contribution in [3.63, 3.8) is 0 Å². The molecule has 1 nitrogen and oxygen atoms in total. The third-order valence-electron chi connectivity index (χ3n) is 1.46. The summed E-state index contributed by atoms with van der Waals surface area (Å²) in [6.07, 6.45) is 2.90. The Hall–Kier alpha value is -0.255. The molecule has 1 rings (SSSR count). The molecule has 0 amide bonds. The van der Waals surface area contributed by atoms with Crippen LogP contribution in [0.25, 0.3) is 0 Å². The molecule has 0 aromatic carbocycles. The fourth-order valence-electron chi connectivity index (χ4n) is 0.979. The van der Waals surface area contributed by atoms with E-state index in [1.165, 1.54) is 25.9 Å². The van der Waals surface area contributed by atoms with Crippen LogP contribution in [0.5, 0.6) is 0 Å². The van der Waals surface area contributed by atoms with Crippen molar-refractivity contribution in [2.24, 2.45) is 0 Å². The summed E-state index contributed by atoms with van der Waals surface area (Å²) in [7, 11) is -3.74. The molecule has 1 N–H and O–H groups in total. The number of hydrogen-bond donors (Lipinski definition) is 1. The van der Waals surface area contributed by atoms with E-state index in [-0.39, 0.29) is 0 Å². The molecule has 1 saturated heterocycles. The molecule has 0 aromatic heterocycles. The van der Waals surface area contributed by atoms with Crippen LogP contribution in [0.1, 0.15) is 12.8 Å². The molecule has 0 aromatic rings. The highest BCUT2D eigenvalue weighted by Gasteiger charge is 2.20. The molecule has 0 spiro atoms. The quantitative estimate of drug-likeness (QED) is 0.404. The maximum Gasteiger partial charge on any atom is 0.673 e. The van der Waals surface area contributed by atoms with Gasteiger partial charge in [0.25, 0.3) is 0 Å². The van der Waals surface area contributed by atoms with E-state index in [1.54, 1.807) is 4.90 Å². The average Bonchev–Trinajstić information content (AvgIpc) is 2.12. The predicted molar refractivity (Wildman–Crippen MR) is 36.0 cm³/mol. The Morgan fingerprint density at radius 1 is 1.00 bits per heavy atom. The van der Waals surface area contributed by atoms with Crippen molar-refractivity contribution < 1.29 is 22.2 Å². The van der Waals surface area contributed by atoms with Gasteiger partial charge in [0.05, 0.1) is 20.1 Å². The second-order valence-corrected chi connectivity index (χ2v) is 2.66. The van der Waals surface area contributed by atoms with Crippen molar-refractivity contribution in [3.05, 3.63) is 0 Å². The minimum atomic E-state index is -6.00. The van der Waals surface area contributed by atoms with E-state index < -0.39 is 7.25 Å². The van der Waals surface area contributed by atoms with Crippen LogP contribution in [0, 0.1) is 0 Å². The van der Waals surface area contributed by atoms with Gasteiger partial charge in [-0.3, -0.25) is 0 Å². The van der Waals surface area contributed by atoms with Gasteiger partial charge in [-0.15, -0.1) is 0 Å². The van der Waals surface area contributed by atoms with Gasteiger partial charge in [-0.25, -0.2) is 0 Å². The minimum Gasteiger partial charge on any atom is -0.418 e. The van der Waals surface area contributed by atoms with Crippen LogP contribution in [-0.2, 0) is 0 Å². The first-order valence-corrected chi connectivity index (χ1v) is 3.58. The molecular formula is C5H12BF4N. The van der Waals surface area contributed by atoms with Crippen LogP contribution in [0.2, 0.25) is 0 Å². The lowest BCUT2D eigenvalue weighted by Crippen LogP contribution is -3.06. The summed E-state index contributed by atoms with van der Waals surface area (Å²) < 4.78 is 39.0. The maximum atomic E-state index is 9.75. The van der Waals surface area contributed by atoms with E-state index in [2.05, 4.69) is 7.05 Å². The fraction of sp³-hybridized carbons (Fsp3) is 1.00. The smallest absolute Gasteiger partial charge is 0.418 e. The Morgan fingerprint density at radius 2 is 1.27 bits per heavy atom. The minimum absolute atomic E-state index is 1.40. The second kappa shape index (κ2) is 4.59. The monoisotopic (exact) mass is 173 g/mol. The molecular weight excluding hydrogens is 161 g/mol. The van der Waals surface area contributed by atoms with Crippen LogP contribution < -0.4 is 4.90 Å². The highest BCUT2D eigenvalue weighted by atomic mass is 19.5. The first-order chi connectivity index (χ1) is 4.89. The van der Waals surface area contributed by atoms with Gasteiger partial charge in [0.1, 0.15) is 0 Å². The SMILES string of the molecule is C[NH+]1CCCC1.F[B-](F)(F)F. The van der Waals surface area contributed by atoms with Crippen molar-refractivity contribution in [2.75, 3.05) is 20.1 Å². The number of likely N-dealkylation sites (tertiary alicyclic amines) is 1. The number of quaternary nitrogens is 1. The summed E-state index contributed by atoms with van der Waals surface area (Å²) in [5.41, 5.74) is 0. The molecule has 0 aliphatic carbocycles. The van der Waals surface area contributed by atoms with Crippen molar-refractivity contribution in [2.45, 2.75) is 12.8 Å². The topological polar surface area (TPSA) is 4.44 Å². The lowest BCUT2D eigenvalue weighted by Gasteiger charge is -1.98. The first-order valence-electron chi connectivity index (χ1n) is 3.58. The lowest BCUT2D eigenvalue weighted by atomic mass is 10.3. The Labute approximate surface area is 63.5 Å². The van der Waals surface area contributed by atoms with E-state index in [0.717, 1.165) is 0 Å². The van der Waals surface area contributed by atoms with E-state index in [1.807, 2.05) is 0 Å². The molecule has 1 aliphatic rings. The van der Waals surface area contributed by atoms with Crippen LogP contribution in [0.15, 0.2) is 0 Å². The Kier molecular flexibility index (Phi) is 4.48. The molecule has 0 saturated carbocycles. The van der Waals surface area contributed by atoms with Crippen LogP contribution in [-0.4, -0.2) is 27.4 Å². The first kappa shape index (κ1) is 10.7. The van der Waals surface area contributed by atoms with Gasteiger partial charge < -0.3 is 22.2 Å². The number of halogens is 4. The number of nitrogens with one attached hydrogen (secondary N) is 1. The summed E-state index contributed by atoms with van der Waals surface area (Å²) in [4.78, 5) is 1.70. The zero-order valence-corrected chi connectivity index (χ0v) is 6.42. The highest BCUT2D eigenvalue weighted by molar-refractivity contribution is 6.50. The molecule has 0 radical (unpaired) electrons. The molecule has 0 atom stereocenters. The molecule has 1 heterocycles.